The molecular formula is C12H22F5NO2S. The number of alkyl halides is 5. The molecule has 0 unspecified atom stereocenters. The second kappa shape index (κ2) is 6.36. The largest absolute Gasteiger partial charge is 0.454 e. The zero-order valence-corrected chi connectivity index (χ0v) is 13.6. The molecule has 3 nitrogen and oxygen atoms in total. The molecule has 0 aliphatic rings. The summed E-state index contributed by atoms with van der Waals surface area (Å²) in [6.45, 7) is 8.24. The second-order valence-electron chi connectivity index (χ2n) is 6.47. The Hall–Kier alpha value is -0.440. The number of nitrogens with zero attached hydrogens (tertiary/aromatic N) is 1. The Morgan fingerprint density at radius 1 is 1.00 bits per heavy atom. The van der Waals surface area contributed by atoms with Gasteiger partial charge in [0.15, 0.2) is 0 Å². The maximum absolute atomic E-state index is 13.0. The zero-order valence-electron chi connectivity index (χ0n) is 12.8. The first-order chi connectivity index (χ1) is 9.00. The Morgan fingerprint density at radius 2 is 1.43 bits per heavy atom. The van der Waals surface area contributed by atoms with Crippen LogP contribution in [0, 0.1) is 5.41 Å². The van der Waals surface area contributed by atoms with Gasteiger partial charge in [0.2, 0.25) is 10.0 Å². The van der Waals surface area contributed by atoms with Crippen molar-refractivity contribution in [3.63, 3.8) is 0 Å². The predicted octanol–water partition coefficient (Wildman–Crippen LogP) is 3.66. The van der Waals surface area contributed by atoms with Crippen molar-refractivity contribution < 1.29 is 30.4 Å². The molecule has 0 N–H and O–H groups in total. The van der Waals surface area contributed by atoms with Gasteiger partial charge in [0, 0.05) is 12.6 Å². The Morgan fingerprint density at radius 3 is 1.71 bits per heavy atom. The van der Waals surface area contributed by atoms with Crippen molar-refractivity contribution in [3.05, 3.63) is 0 Å². The summed E-state index contributed by atoms with van der Waals surface area (Å²) < 4.78 is 87.0. The fraction of sp³-hybridized carbons (Fsp3) is 1.00. The van der Waals surface area contributed by atoms with Gasteiger partial charge in [-0.1, -0.05) is 20.8 Å². The summed E-state index contributed by atoms with van der Waals surface area (Å²) in [5.74, 6) is -7.52. The molecule has 0 atom stereocenters. The van der Waals surface area contributed by atoms with Crippen LogP contribution < -0.4 is 0 Å². The number of hydrogen-bond donors (Lipinski definition) is 0. The van der Waals surface area contributed by atoms with Crippen LogP contribution in [0.5, 0.6) is 0 Å². The van der Waals surface area contributed by atoms with E-state index in [1.165, 1.54) is 13.8 Å². The van der Waals surface area contributed by atoms with Crippen LogP contribution >= 0.6 is 0 Å². The summed E-state index contributed by atoms with van der Waals surface area (Å²) in [4.78, 5) is 0. The maximum atomic E-state index is 13.0. The number of hydrogen-bond acceptors (Lipinski definition) is 2. The third-order valence-corrected chi connectivity index (χ3v) is 4.84. The van der Waals surface area contributed by atoms with Gasteiger partial charge < -0.3 is 0 Å². The van der Waals surface area contributed by atoms with E-state index in [1.54, 1.807) is 0 Å². The van der Waals surface area contributed by atoms with Crippen molar-refractivity contribution in [1.82, 2.24) is 4.31 Å². The van der Waals surface area contributed by atoms with Gasteiger partial charge in [0.25, 0.3) is 0 Å². The molecule has 0 bridgehead atoms. The molecule has 0 aromatic carbocycles. The van der Waals surface area contributed by atoms with Gasteiger partial charge in [0.1, 0.15) is 5.75 Å². The van der Waals surface area contributed by atoms with Crippen LogP contribution in [0.4, 0.5) is 22.0 Å². The predicted molar refractivity (Wildman–Crippen MR) is 70.7 cm³/mol. The molecule has 0 aliphatic carbocycles. The van der Waals surface area contributed by atoms with Gasteiger partial charge in [-0.25, -0.2) is 8.42 Å². The average Bonchev–Trinajstić information content (AvgIpc) is 2.09. The minimum absolute atomic E-state index is 0.0998. The van der Waals surface area contributed by atoms with Crippen LogP contribution in [-0.4, -0.2) is 43.2 Å². The smallest absolute Gasteiger partial charge is 0.212 e. The summed E-state index contributed by atoms with van der Waals surface area (Å²) in [5.41, 5.74) is -0.269. The molecule has 0 aromatic heterocycles. The first kappa shape index (κ1) is 20.6. The lowest BCUT2D eigenvalue weighted by atomic mass is 9.92. The first-order valence-electron chi connectivity index (χ1n) is 6.44. The Labute approximate surface area is 122 Å². The van der Waals surface area contributed by atoms with Gasteiger partial charge in [-0.15, -0.1) is 0 Å². The van der Waals surface area contributed by atoms with Gasteiger partial charge in [0.05, 0.1) is 0 Å². The molecule has 0 radical (unpaired) electrons. The quantitative estimate of drug-likeness (QED) is 0.693. The fourth-order valence-corrected chi connectivity index (χ4v) is 3.36. The maximum Gasteiger partial charge on any atom is 0.454 e. The molecule has 0 saturated carbocycles. The molecule has 0 aliphatic heterocycles. The van der Waals surface area contributed by atoms with Crippen LogP contribution in [0.1, 0.15) is 41.0 Å². The summed E-state index contributed by atoms with van der Waals surface area (Å²) >= 11 is 0. The van der Waals surface area contributed by atoms with Crippen molar-refractivity contribution in [2.75, 3.05) is 12.3 Å². The van der Waals surface area contributed by atoms with E-state index in [0.717, 1.165) is 0 Å². The van der Waals surface area contributed by atoms with E-state index < -0.39 is 33.9 Å². The highest BCUT2D eigenvalue weighted by atomic mass is 32.2. The van der Waals surface area contributed by atoms with Crippen LogP contribution in [0.2, 0.25) is 0 Å². The monoisotopic (exact) mass is 339 g/mol. The van der Waals surface area contributed by atoms with Crippen LogP contribution in [0.3, 0.4) is 0 Å². The van der Waals surface area contributed by atoms with Gasteiger partial charge in [-0.05, 0) is 25.7 Å². The molecule has 0 heterocycles. The molecule has 0 saturated heterocycles. The topological polar surface area (TPSA) is 37.4 Å². The van der Waals surface area contributed by atoms with E-state index in [2.05, 4.69) is 0 Å². The molecule has 0 aromatic rings. The van der Waals surface area contributed by atoms with E-state index in [0.29, 0.717) is 10.7 Å². The molecular weight excluding hydrogens is 317 g/mol. The fourth-order valence-electron chi connectivity index (χ4n) is 1.56. The minimum Gasteiger partial charge on any atom is -0.212 e. The van der Waals surface area contributed by atoms with E-state index in [4.69, 9.17) is 0 Å². The molecule has 0 fully saturated rings. The lowest BCUT2D eigenvalue weighted by molar-refractivity contribution is -0.271. The van der Waals surface area contributed by atoms with Crippen LogP contribution in [0.15, 0.2) is 0 Å². The number of halogens is 5. The van der Waals surface area contributed by atoms with Crippen molar-refractivity contribution in [1.29, 1.82) is 0 Å². The Kier molecular flexibility index (Phi) is 6.22. The van der Waals surface area contributed by atoms with Gasteiger partial charge in [-0.3, -0.25) is 0 Å². The van der Waals surface area contributed by atoms with Crippen molar-refractivity contribution >= 4 is 10.0 Å². The summed E-state index contributed by atoms with van der Waals surface area (Å²) in [6, 6.07) is -0.693. The SMILES string of the molecule is CC(C)N(CCC(C)(C)C)S(=O)(=O)CC(F)(F)C(F)(F)F. The second-order valence-corrected chi connectivity index (χ2v) is 8.40. The molecule has 21 heavy (non-hydrogen) atoms. The summed E-state index contributed by atoms with van der Waals surface area (Å²) in [5, 5.41) is 0. The lowest BCUT2D eigenvalue weighted by Gasteiger charge is -2.31. The minimum atomic E-state index is -5.88. The summed E-state index contributed by atoms with van der Waals surface area (Å²) in [7, 11) is -4.72. The molecule has 128 valence electrons. The normalized spacial score (nSPS) is 15.0. The van der Waals surface area contributed by atoms with E-state index in [-0.39, 0.29) is 12.0 Å². The average molecular weight is 339 g/mol. The molecule has 0 rings (SSSR count). The van der Waals surface area contributed by atoms with E-state index in [1.807, 2.05) is 20.8 Å². The molecule has 0 spiro atoms. The standard InChI is InChI=1S/C12H22F5NO2S/c1-9(2)18(7-6-10(3,4)5)21(19,20)8-11(13,14)12(15,16)17/h9H,6-8H2,1-5H3. The van der Waals surface area contributed by atoms with Crippen molar-refractivity contribution in [3.8, 4) is 0 Å². The number of sulfonamides is 1. The number of rotatable bonds is 6. The Bertz CT molecular complexity index is 438. The highest BCUT2D eigenvalue weighted by Crippen LogP contribution is 2.37. The van der Waals surface area contributed by atoms with E-state index in [9.17, 15) is 30.4 Å². The van der Waals surface area contributed by atoms with Crippen molar-refractivity contribution in [2.45, 2.75) is 59.2 Å². The molecule has 0 amide bonds. The van der Waals surface area contributed by atoms with Gasteiger partial charge in [-0.2, -0.15) is 26.3 Å². The van der Waals surface area contributed by atoms with Crippen molar-refractivity contribution in [2.24, 2.45) is 5.41 Å². The van der Waals surface area contributed by atoms with Crippen LogP contribution in [-0.2, 0) is 10.0 Å². The third kappa shape index (κ3) is 6.46. The highest BCUT2D eigenvalue weighted by Gasteiger charge is 2.60. The lowest BCUT2D eigenvalue weighted by Crippen LogP contribution is -2.49. The first-order valence-corrected chi connectivity index (χ1v) is 8.04. The highest BCUT2D eigenvalue weighted by molar-refractivity contribution is 7.89. The summed E-state index contributed by atoms with van der Waals surface area (Å²) in [6.07, 6.45) is -5.53. The van der Waals surface area contributed by atoms with E-state index >= 15 is 0 Å². The zero-order chi connectivity index (χ0) is 17.3. The van der Waals surface area contributed by atoms with Crippen LogP contribution in [0.25, 0.3) is 0 Å². The third-order valence-electron chi connectivity index (χ3n) is 2.79. The Balaban J connectivity index is 5.24. The van der Waals surface area contributed by atoms with Gasteiger partial charge >= 0.3 is 12.1 Å². The molecule has 9 heteroatoms.